The molecule has 2 aromatic heterocycles. The molecule has 0 atom stereocenters. The summed E-state index contributed by atoms with van der Waals surface area (Å²) in [5.41, 5.74) is 1.19. The summed E-state index contributed by atoms with van der Waals surface area (Å²) in [5, 5.41) is 5.74. The van der Waals surface area contributed by atoms with Gasteiger partial charge >= 0.3 is 0 Å². The largest absolute Gasteiger partial charge is 0.385 e. The van der Waals surface area contributed by atoms with E-state index in [4.69, 9.17) is 0 Å². The molecule has 18 heavy (non-hydrogen) atoms. The van der Waals surface area contributed by atoms with Crippen LogP contribution in [0, 0.1) is 0 Å². The number of aromatic nitrogens is 3. The zero-order chi connectivity index (χ0) is 12.8. The minimum Gasteiger partial charge on any atom is -0.385 e. The molecule has 2 heterocycles. The first-order valence-corrected chi connectivity index (χ1v) is 5.57. The molecule has 92 valence electrons. The molecule has 6 heteroatoms. The van der Waals surface area contributed by atoms with Crippen LogP contribution in [0.4, 0.5) is 11.5 Å². The maximum absolute atomic E-state index is 11.9. The third-order valence-electron chi connectivity index (χ3n) is 2.18. The molecular weight excluding hydrogens is 230 g/mol. The Morgan fingerprint density at radius 3 is 2.89 bits per heavy atom. The van der Waals surface area contributed by atoms with E-state index in [0.717, 1.165) is 12.2 Å². The first kappa shape index (κ1) is 12.0. The van der Waals surface area contributed by atoms with E-state index in [1.54, 1.807) is 18.5 Å². The van der Waals surface area contributed by atoms with Crippen LogP contribution >= 0.6 is 0 Å². The average Bonchev–Trinajstić information content (AvgIpc) is 2.40. The molecule has 2 aromatic rings. The van der Waals surface area contributed by atoms with E-state index in [2.05, 4.69) is 25.6 Å². The topological polar surface area (TPSA) is 79.8 Å². The van der Waals surface area contributed by atoms with E-state index in [1.807, 2.05) is 13.0 Å². The first-order chi connectivity index (χ1) is 8.79. The van der Waals surface area contributed by atoms with Crippen LogP contribution in [0.2, 0.25) is 0 Å². The van der Waals surface area contributed by atoms with Crippen LogP contribution < -0.4 is 10.6 Å². The van der Waals surface area contributed by atoms with Crippen molar-refractivity contribution in [2.75, 3.05) is 17.2 Å². The second-order valence-corrected chi connectivity index (χ2v) is 3.50. The molecule has 2 N–H and O–H groups in total. The van der Waals surface area contributed by atoms with Crippen LogP contribution in [0.15, 0.2) is 36.9 Å². The van der Waals surface area contributed by atoms with Gasteiger partial charge in [0.1, 0.15) is 5.69 Å². The summed E-state index contributed by atoms with van der Waals surface area (Å²) < 4.78 is 0. The van der Waals surface area contributed by atoms with Gasteiger partial charge in [-0.05, 0) is 19.1 Å². The highest BCUT2D eigenvalue weighted by Crippen LogP contribution is 2.09. The van der Waals surface area contributed by atoms with E-state index in [-0.39, 0.29) is 5.91 Å². The predicted molar refractivity (Wildman–Crippen MR) is 68.4 cm³/mol. The second kappa shape index (κ2) is 5.72. The van der Waals surface area contributed by atoms with Crippen molar-refractivity contribution in [1.82, 2.24) is 15.0 Å². The van der Waals surface area contributed by atoms with E-state index >= 15 is 0 Å². The molecule has 0 aromatic carbocycles. The normalized spacial score (nSPS) is 9.83. The molecule has 2 rings (SSSR count). The van der Waals surface area contributed by atoms with E-state index in [0.29, 0.717) is 11.5 Å². The van der Waals surface area contributed by atoms with Gasteiger partial charge in [0.2, 0.25) is 0 Å². The molecule has 0 aliphatic carbocycles. The number of carbonyl (C=O) groups excluding carboxylic acids is 1. The Labute approximate surface area is 105 Å². The number of anilines is 2. The Hall–Kier alpha value is -2.50. The molecular formula is C12H13N5O. The standard InChI is InChI=1S/C12H13N5O/c1-2-14-9-3-4-15-10(7-9)12(18)17-11-8-13-5-6-16-11/h3-8H,2H2,1H3,(H,14,15)(H,16,17,18). The molecule has 0 aliphatic rings. The van der Waals surface area contributed by atoms with Crippen LogP contribution in [0.5, 0.6) is 0 Å². The zero-order valence-electron chi connectivity index (χ0n) is 9.92. The van der Waals surface area contributed by atoms with Crippen LogP contribution in [-0.2, 0) is 0 Å². The average molecular weight is 243 g/mol. The van der Waals surface area contributed by atoms with Gasteiger partial charge in [-0.25, -0.2) is 4.98 Å². The molecule has 0 radical (unpaired) electrons. The number of hydrogen-bond acceptors (Lipinski definition) is 5. The van der Waals surface area contributed by atoms with E-state index in [1.165, 1.54) is 12.4 Å². The highest BCUT2D eigenvalue weighted by molar-refractivity contribution is 6.02. The lowest BCUT2D eigenvalue weighted by Gasteiger charge is -2.06. The Bertz CT molecular complexity index is 529. The zero-order valence-corrected chi connectivity index (χ0v) is 9.92. The summed E-state index contributed by atoms with van der Waals surface area (Å²) in [5.74, 6) is 0.0911. The van der Waals surface area contributed by atoms with Gasteiger partial charge in [0.15, 0.2) is 5.82 Å². The van der Waals surface area contributed by atoms with Crippen molar-refractivity contribution in [2.45, 2.75) is 6.92 Å². The minimum absolute atomic E-state index is 0.310. The molecule has 0 saturated heterocycles. The SMILES string of the molecule is CCNc1ccnc(C(=O)Nc2cnccn2)c1. The van der Waals surface area contributed by atoms with Crippen molar-refractivity contribution in [3.63, 3.8) is 0 Å². The van der Waals surface area contributed by atoms with Gasteiger partial charge in [0, 0.05) is 30.8 Å². The molecule has 0 fully saturated rings. The Morgan fingerprint density at radius 1 is 1.28 bits per heavy atom. The number of nitrogens with one attached hydrogen (secondary N) is 2. The number of hydrogen-bond donors (Lipinski definition) is 2. The van der Waals surface area contributed by atoms with Gasteiger partial charge in [-0.3, -0.25) is 14.8 Å². The van der Waals surface area contributed by atoms with Crippen LogP contribution in [0.25, 0.3) is 0 Å². The second-order valence-electron chi connectivity index (χ2n) is 3.50. The number of amides is 1. The quantitative estimate of drug-likeness (QED) is 0.851. The smallest absolute Gasteiger partial charge is 0.275 e. The molecule has 1 amide bonds. The van der Waals surface area contributed by atoms with Crippen LogP contribution in [0.1, 0.15) is 17.4 Å². The molecule has 6 nitrogen and oxygen atoms in total. The summed E-state index contributed by atoms with van der Waals surface area (Å²) in [6.45, 7) is 2.77. The summed E-state index contributed by atoms with van der Waals surface area (Å²) in [7, 11) is 0. The third-order valence-corrected chi connectivity index (χ3v) is 2.18. The number of carbonyl (C=O) groups is 1. The van der Waals surface area contributed by atoms with Crippen molar-refractivity contribution in [1.29, 1.82) is 0 Å². The summed E-state index contributed by atoms with van der Waals surface area (Å²) in [6.07, 6.45) is 6.12. The van der Waals surface area contributed by atoms with Crippen molar-refractivity contribution in [3.05, 3.63) is 42.6 Å². The fourth-order valence-corrected chi connectivity index (χ4v) is 1.41. The summed E-state index contributed by atoms with van der Waals surface area (Å²) in [4.78, 5) is 23.8. The highest BCUT2D eigenvalue weighted by Gasteiger charge is 2.08. The first-order valence-electron chi connectivity index (χ1n) is 5.57. The molecule has 0 bridgehead atoms. The number of rotatable bonds is 4. The maximum Gasteiger partial charge on any atom is 0.275 e. The van der Waals surface area contributed by atoms with Crippen molar-refractivity contribution >= 4 is 17.4 Å². The number of pyridine rings is 1. The van der Waals surface area contributed by atoms with Gasteiger partial charge < -0.3 is 10.6 Å². The lowest BCUT2D eigenvalue weighted by Crippen LogP contribution is -2.15. The van der Waals surface area contributed by atoms with Gasteiger partial charge in [-0.2, -0.15) is 0 Å². The van der Waals surface area contributed by atoms with Crippen LogP contribution in [-0.4, -0.2) is 27.4 Å². The fourth-order valence-electron chi connectivity index (χ4n) is 1.41. The van der Waals surface area contributed by atoms with E-state index in [9.17, 15) is 4.79 Å². The third kappa shape index (κ3) is 3.00. The molecule has 0 aliphatic heterocycles. The maximum atomic E-state index is 11.9. The minimum atomic E-state index is -0.310. The van der Waals surface area contributed by atoms with E-state index < -0.39 is 0 Å². The number of nitrogens with zero attached hydrogens (tertiary/aromatic N) is 3. The van der Waals surface area contributed by atoms with Crippen molar-refractivity contribution in [2.24, 2.45) is 0 Å². The van der Waals surface area contributed by atoms with Gasteiger partial charge in [-0.15, -0.1) is 0 Å². The Morgan fingerprint density at radius 2 is 2.17 bits per heavy atom. The molecule has 0 spiro atoms. The van der Waals surface area contributed by atoms with Gasteiger partial charge in [0.05, 0.1) is 6.20 Å². The summed E-state index contributed by atoms with van der Waals surface area (Å²) in [6, 6.07) is 3.50. The lowest BCUT2D eigenvalue weighted by molar-refractivity contribution is 0.102. The van der Waals surface area contributed by atoms with Gasteiger partial charge in [-0.1, -0.05) is 0 Å². The summed E-state index contributed by atoms with van der Waals surface area (Å²) >= 11 is 0. The predicted octanol–water partition coefficient (Wildman–Crippen LogP) is 1.56. The molecule has 0 saturated carbocycles. The lowest BCUT2D eigenvalue weighted by atomic mass is 10.3. The highest BCUT2D eigenvalue weighted by atomic mass is 16.1. The Balaban J connectivity index is 2.11. The Kier molecular flexibility index (Phi) is 3.80. The van der Waals surface area contributed by atoms with Gasteiger partial charge in [0.25, 0.3) is 5.91 Å². The monoisotopic (exact) mass is 243 g/mol. The van der Waals surface area contributed by atoms with Crippen molar-refractivity contribution in [3.8, 4) is 0 Å². The fraction of sp³-hybridized carbons (Fsp3) is 0.167. The van der Waals surface area contributed by atoms with Crippen molar-refractivity contribution < 1.29 is 4.79 Å². The van der Waals surface area contributed by atoms with Crippen LogP contribution in [0.3, 0.4) is 0 Å². The molecule has 0 unspecified atom stereocenters.